The van der Waals surface area contributed by atoms with Crippen LogP contribution < -0.4 is 4.90 Å². The molecule has 0 spiro atoms. The summed E-state index contributed by atoms with van der Waals surface area (Å²) in [4.78, 5) is 1.53. The van der Waals surface area contributed by atoms with E-state index in [2.05, 4.69) is 18.2 Å². The lowest BCUT2D eigenvalue weighted by Gasteiger charge is -2.28. The largest absolute Gasteiger partial charge is 0.310 e. The molecule has 11 rings (SSSR count). The summed E-state index contributed by atoms with van der Waals surface area (Å²) in [7, 11) is 0. The first-order valence-corrected chi connectivity index (χ1v) is 19.8. The highest BCUT2D eigenvalue weighted by Gasteiger charge is 2.20. The minimum absolute atomic E-state index is 0.0312. The van der Waals surface area contributed by atoms with E-state index in [1.165, 1.54) is 4.90 Å². The van der Waals surface area contributed by atoms with Crippen molar-refractivity contribution in [1.82, 2.24) is 0 Å². The van der Waals surface area contributed by atoms with Gasteiger partial charge in [0, 0.05) is 16.8 Å². The minimum atomic E-state index is -0.336. The van der Waals surface area contributed by atoms with E-state index in [-0.39, 0.29) is 59.2 Å². The van der Waals surface area contributed by atoms with Crippen LogP contribution in [0.4, 0.5) is 17.1 Å². The molecule has 0 aliphatic carbocycles. The summed E-state index contributed by atoms with van der Waals surface area (Å²) in [5, 5.41) is 7.28. The molecule has 0 fully saturated rings. The summed E-state index contributed by atoms with van der Waals surface area (Å²) in [5.74, 6) is 0. The summed E-state index contributed by atoms with van der Waals surface area (Å²) < 4.78 is 68.6. The number of benzene rings is 11. The van der Waals surface area contributed by atoms with Crippen LogP contribution in [0.5, 0.6) is 0 Å². The van der Waals surface area contributed by atoms with Gasteiger partial charge in [-0.25, -0.2) is 0 Å². The maximum Gasteiger partial charge on any atom is 0.0645 e. The Hall–Kier alpha value is -7.74. The zero-order chi connectivity index (χ0) is 45.2. The van der Waals surface area contributed by atoms with E-state index < -0.39 is 0 Å². The van der Waals surface area contributed by atoms with Crippen molar-refractivity contribution in [1.29, 1.82) is 0 Å². The van der Waals surface area contributed by atoms with Crippen molar-refractivity contribution in [2.75, 3.05) is 4.90 Å². The Labute approximate surface area is 354 Å². The van der Waals surface area contributed by atoms with Crippen LogP contribution in [0.2, 0.25) is 0 Å². The highest BCUT2D eigenvalue weighted by molar-refractivity contribution is 6.21. The number of hydrogen-bond acceptors (Lipinski definition) is 1. The van der Waals surface area contributed by atoms with Crippen LogP contribution in [0.15, 0.2) is 236 Å². The van der Waals surface area contributed by atoms with Gasteiger partial charge in [-0.1, -0.05) is 206 Å². The van der Waals surface area contributed by atoms with Gasteiger partial charge in [0.1, 0.15) is 0 Å². The van der Waals surface area contributed by atoms with E-state index in [0.717, 1.165) is 70.9 Å². The van der Waals surface area contributed by atoms with Gasteiger partial charge in [0.15, 0.2) is 0 Å². The van der Waals surface area contributed by atoms with Gasteiger partial charge in [-0.2, -0.15) is 0 Å². The zero-order valence-corrected chi connectivity index (χ0v) is 31.9. The Kier molecular flexibility index (Phi) is 6.90. The predicted octanol–water partition coefficient (Wildman–Crippen LogP) is 16.4. The lowest BCUT2D eigenvalue weighted by Crippen LogP contribution is -2.10. The summed E-state index contributed by atoms with van der Waals surface area (Å²) in [6.07, 6.45) is 0. The second-order valence-corrected chi connectivity index (χ2v) is 14.7. The Morgan fingerprint density at radius 2 is 0.678 bits per heavy atom. The van der Waals surface area contributed by atoms with E-state index in [9.17, 15) is 9.60 Å². The molecular formula is C58H39N. The van der Waals surface area contributed by atoms with Gasteiger partial charge in [-0.3, -0.25) is 0 Å². The Morgan fingerprint density at radius 3 is 1.29 bits per heavy atom. The molecule has 11 aromatic rings. The maximum atomic E-state index is 10.0. The second-order valence-electron chi connectivity index (χ2n) is 14.7. The van der Waals surface area contributed by atoms with E-state index >= 15 is 0 Å². The Morgan fingerprint density at radius 1 is 0.271 bits per heavy atom. The molecule has 0 aliphatic rings. The van der Waals surface area contributed by atoms with Gasteiger partial charge >= 0.3 is 0 Å². The molecule has 0 aromatic heterocycles. The molecule has 1 nitrogen and oxygen atoms in total. The van der Waals surface area contributed by atoms with Crippen molar-refractivity contribution in [2.24, 2.45) is 0 Å². The number of nitrogens with zero attached hydrogens (tertiary/aromatic N) is 1. The molecule has 0 radical (unpaired) electrons. The van der Waals surface area contributed by atoms with Crippen LogP contribution in [0.3, 0.4) is 0 Å². The zero-order valence-electron chi connectivity index (χ0n) is 38.9. The normalized spacial score (nSPS) is 13.1. The van der Waals surface area contributed by atoms with Gasteiger partial charge in [0.2, 0.25) is 0 Å². The fraction of sp³-hybridized carbons (Fsp3) is 0. The second kappa shape index (κ2) is 14.6. The van der Waals surface area contributed by atoms with Crippen LogP contribution in [0.1, 0.15) is 9.60 Å². The SMILES string of the molecule is [2H]c1cc(-c2c(-c3ccccc3)c3ccccc3c3ccccc23)c([2H])c([2H])c1N(c1c([2H])c([2H])c(-c2ccc(-c3ccccc3)cc2)c([2H])c1[2H])c1cc2ccccc2c2ccccc12. The third kappa shape index (κ3) is 6.12. The molecule has 0 amide bonds. The highest BCUT2D eigenvalue weighted by atomic mass is 15.1. The van der Waals surface area contributed by atoms with Gasteiger partial charge in [0.05, 0.1) is 15.3 Å². The number of fused-ring (bicyclic) bond motifs is 6. The standard InChI is InChI=1S/C58H39N/c1-3-15-40(16-4-1)41-27-29-42(30-28-41)43-31-35-47(36-32-43)59(56-39-46-19-7-8-20-49(46)50-21-9-12-24-53(50)56)48-37-33-45(34-38-48)58-55-26-14-11-23-52(55)51-22-10-13-25-54(51)57(58)44-17-5-2-6-18-44/h1-39H/i31D,32D,33D,35D,36D,37D,38D. The Bertz CT molecular complexity index is 3690. The Balaban J connectivity index is 1.20. The topological polar surface area (TPSA) is 3.24 Å². The van der Waals surface area contributed by atoms with Crippen molar-refractivity contribution in [3.63, 3.8) is 0 Å². The minimum Gasteiger partial charge on any atom is -0.310 e. The maximum absolute atomic E-state index is 10.0. The van der Waals surface area contributed by atoms with Crippen molar-refractivity contribution >= 4 is 60.2 Å². The smallest absolute Gasteiger partial charge is 0.0645 e. The summed E-state index contributed by atoms with van der Waals surface area (Å²) in [6.45, 7) is 0. The van der Waals surface area contributed by atoms with Gasteiger partial charge in [-0.15, -0.1) is 0 Å². The first kappa shape index (κ1) is 27.8. The van der Waals surface area contributed by atoms with E-state index in [1.807, 2.05) is 170 Å². The molecule has 11 aromatic carbocycles. The molecule has 0 bridgehead atoms. The average Bonchev–Trinajstić information content (AvgIpc) is 3.36. The molecular weight excluding hydrogens is 711 g/mol. The molecule has 0 atom stereocenters. The molecule has 1 heteroatoms. The van der Waals surface area contributed by atoms with Crippen LogP contribution in [-0.2, 0) is 0 Å². The fourth-order valence-electron chi connectivity index (χ4n) is 8.51. The molecule has 0 saturated carbocycles. The number of anilines is 3. The van der Waals surface area contributed by atoms with Crippen molar-refractivity contribution in [3.8, 4) is 44.5 Å². The number of hydrogen-bond donors (Lipinski definition) is 0. The molecule has 0 saturated heterocycles. The first-order valence-electron chi connectivity index (χ1n) is 23.3. The monoisotopic (exact) mass is 756 g/mol. The van der Waals surface area contributed by atoms with Crippen molar-refractivity contribution < 1.29 is 9.60 Å². The molecule has 0 N–H and O–H groups in total. The lowest BCUT2D eigenvalue weighted by molar-refractivity contribution is 1.30. The van der Waals surface area contributed by atoms with Crippen LogP contribution in [-0.4, -0.2) is 0 Å². The molecule has 276 valence electrons. The van der Waals surface area contributed by atoms with Gasteiger partial charge in [0.25, 0.3) is 0 Å². The quantitative estimate of drug-likeness (QED) is 0.146. The summed E-state index contributed by atoms with van der Waals surface area (Å²) in [5.41, 5.74) is 5.87. The molecule has 0 aliphatic heterocycles. The molecule has 59 heavy (non-hydrogen) atoms. The molecule has 0 unspecified atom stereocenters. The fourth-order valence-corrected chi connectivity index (χ4v) is 8.51. The van der Waals surface area contributed by atoms with Crippen molar-refractivity contribution in [3.05, 3.63) is 236 Å². The molecule has 0 heterocycles. The van der Waals surface area contributed by atoms with Gasteiger partial charge < -0.3 is 4.90 Å². The summed E-state index contributed by atoms with van der Waals surface area (Å²) in [6, 6.07) is 61.1. The predicted molar refractivity (Wildman–Crippen MR) is 253 cm³/mol. The third-order valence-electron chi connectivity index (χ3n) is 11.3. The van der Waals surface area contributed by atoms with E-state index in [1.54, 1.807) is 6.07 Å². The van der Waals surface area contributed by atoms with Gasteiger partial charge in [-0.05, 0) is 112 Å². The highest BCUT2D eigenvalue weighted by Crippen LogP contribution is 2.47. The van der Waals surface area contributed by atoms with Crippen LogP contribution in [0.25, 0.3) is 87.6 Å². The van der Waals surface area contributed by atoms with E-state index in [0.29, 0.717) is 16.8 Å². The van der Waals surface area contributed by atoms with Crippen LogP contribution >= 0.6 is 0 Å². The average molecular weight is 757 g/mol. The van der Waals surface area contributed by atoms with E-state index in [4.69, 9.17) is 0 Å². The first-order chi connectivity index (χ1) is 32.2. The lowest BCUT2D eigenvalue weighted by atomic mass is 9.85. The summed E-state index contributed by atoms with van der Waals surface area (Å²) >= 11 is 0. The van der Waals surface area contributed by atoms with Crippen LogP contribution in [0, 0.1) is 0 Å². The third-order valence-corrected chi connectivity index (χ3v) is 11.3. The van der Waals surface area contributed by atoms with Crippen molar-refractivity contribution in [2.45, 2.75) is 0 Å². The number of rotatable bonds is 7.